The summed E-state index contributed by atoms with van der Waals surface area (Å²) in [4.78, 5) is 12.0. The molecule has 0 saturated carbocycles. The van der Waals surface area contributed by atoms with E-state index in [9.17, 15) is 4.57 Å². The van der Waals surface area contributed by atoms with Crippen molar-refractivity contribution in [3.63, 3.8) is 0 Å². The van der Waals surface area contributed by atoms with E-state index in [1.165, 1.54) is 7.11 Å². The number of hydrogen-bond acceptors (Lipinski definition) is 8. The van der Waals surface area contributed by atoms with Gasteiger partial charge < -0.3 is 25.1 Å². The average molecular weight is 298 g/mol. The number of fused-ring (bicyclic) bond motifs is 1. The first-order valence-electron chi connectivity index (χ1n) is 5.62. The third-order valence-electron chi connectivity index (χ3n) is 2.46. The molecule has 0 bridgehead atoms. The molecule has 10 heteroatoms. The first-order valence-corrected chi connectivity index (χ1v) is 6.85. The lowest BCUT2D eigenvalue weighted by Gasteiger charge is -2.08. The van der Waals surface area contributed by atoms with E-state index in [4.69, 9.17) is 16.0 Å². The Labute approximate surface area is 115 Å². The number of anilines is 2. The normalized spacial score (nSPS) is 12.7. The molecule has 0 aliphatic heterocycles. The van der Waals surface area contributed by atoms with Crippen LogP contribution in [0.1, 0.15) is 0 Å². The summed E-state index contributed by atoms with van der Waals surface area (Å²) in [6, 6.07) is 0. The van der Waals surface area contributed by atoms with Crippen molar-refractivity contribution in [3.8, 4) is 0 Å². The molecule has 4 N–H and O–H groups in total. The molecule has 2 aromatic heterocycles. The van der Waals surface area contributed by atoms with E-state index < -0.39 is 8.25 Å². The van der Waals surface area contributed by atoms with Crippen LogP contribution < -0.4 is 11.5 Å². The molecular formula is C10H15N6O3P. The van der Waals surface area contributed by atoms with Crippen molar-refractivity contribution in [1.82, 2.24) is 19.5 Å². The van der Waals surface area contributed by atoms with E-state index >= 15 is 0 Å². The van der Waals surface area contributed by atoms with Gasteiger partial charge in [0.15, 0.2) is 11.5 Å². The van der Waals surface area contributed by atoms with Crippen LogP contribution in [-0.4, -0.2) is 33.2 Å². The van der Waals surface area contributed by atoms with Gasteiger partial charge in [-0.05, 0) is 5.57 Å². The smallest absolute Gasteiger partial charge is 0.319 e. The van der Waals surface area contributed by atoms with Crippen LogP contribution in [0.15, 0.2) is 18.5 Å². The van der Waals surface area contributed by atoms with Gasteiger partial charge in [0.05, 0.1) is 12.9 Å². The Morgan fingerprint density at radius 2 is 2.25 bits per heavy atom. The van der Waals surface area contributed by atoms with E-state index in [1.807, 2.05) is 0 Å². The lowest BCUT2D eigenvalue weighted by Crippen LogP contribution is -2.06. The van der Waals surface area contributed by atoms with Crippen LogP contribution in [0, 0.1) is 0 Å². The molecule has 0 spiro atoms. The quantitative estimate of drug-likeness (QED) is 0.585. The summed E-state index contributed by atoms with van der Waals surface area (Å²) in [6.45, 7) is 4.32. The summed E-state index contributed by atoms with van der Waals surface area (Å²) in [5.74, 6) is 0.292. The molecule has 2 heterocycles. The van der Waals surface area contributed by atoms with Crippen molar-refractivity contribution >= 4 is 31.2 Å². The van der Waals surface area contributed by atoms with Crippen LogP contribution in [0.3, 0.4) is 0 Å². The fourth-order valence-corrected chi connectivity index (χ4v) is 2.05. The molecule has 0 aliphatic carbocycles. The topological polar surface area (TPSA) is 131 Å². The summed E-state index contributed by atoms with van der Waals surface area (Å²) in [5.41, 5.74) is 12.9. The van der Waals surface area contributed by atoms with Gasteiger partial charge >= 0.3 is 8.25 Å². The second-order valence-corrected chi connectivity index (χ2v) is 5.20. The van der Waals surface area contributed by atoms with Crippen molar-refractivity contribution in [2.24, 2.45) is 0 Å². The molecule has 0 amide bonds. The molecule has 1 unspecified atom stereocenters. The fraction of sp³-hybridized carbons (Fsp3) is 0.300. The number of rotatable bonds is 6. The molecule has 1 atom stereocenters. The predicted molar refractivity (Wildman–Crippen MR) is 75.3 cm³/mol. The van der Waals surface area contributed by atoms with Crippen molar-refractivity contribution in [2.75, 3.05) is 25.2 Å². The Morgan fingerprint density at radius 3 is 2.95 bits per heavy atom. The van der Waals surface area contributed by atoms with Crippen molar-refractivity contribution in [3.05, 3.63) is 18.5 Å². The number of aromatic nitrogens is 4. The Kier molecular flexibility index (Phi) is 4.33. The minimum absolute atomic E-state index is 0.0723. The predicted octanol–water partition coefficient (Wildman–Crippen LogP) is 0.600. The van der Waals surface area contributed by atoms with Gasteiger partial charge in [0.1, 0.15) is 5.52 Å². The van der Waals surface area contributed by atoms with Gasteiger partial charge in [-0.3, -0.25) is 4.57 Å². The first-order chi connectivity index (χ1) is 9.51. The van der Waals surface area contributed by atoms with Crippen molar-refractivity contribution in [1.29, 1.82) is 0 Å². The van der Waals surface area contributed by atoms with Gasteiger partial charge in [-0.15, -0.1) is 0 Å². The third-order valence-corrected chi connectivity index (χ3v) is 3.18. The SMILES string of the molecule is C=C(CO[PH](=O)OC)Cn1cnc2c(N)nc(N)nc21. The zero-order valence-corrected chi connectivity index (χ0v) is 11.9. The number of nitrogens with two attached hydrogens (primary N) is 2. The van der Waals surface area contributed by atoms with Crippen LogP contribution in [-0.2, 0) is 20.2 Å². The number of nitrogens with zero attached hydrogens (tertiary/aromatic N) is 4. The van der Waals surface area contributed by atoms with Crippen LogP contribution in [0.2, 0.25) is 0 Å². The third kappa shape index (κ3) is 3.13. The van der Waals surface area contributed by atoms with Crippen molar-refractivity contribution in [2.45, 2.75) is 6.54 Å². The molecule has 0 fully saturated rings. The molecule has 108 valence electrons. The molecule has 0 aliphatic rings. The van der Waals surface area contributed by atoms with E-state index in [0.717, 1.165) is 0 Å². The van der Waals surface area contributed by atoms with Crippen LogP contribution >= 0.6 is 8.25 Å². The Bertz CT molecular complexity index is 670. The second kappa shape index (κ2) is 6.00. The Morgan fingerprint density at radius 1 is 1.50 bits per heavy atom. The van der Waals surface area contributed by atoms with Gasteiger partial charge in [-0.2, -0.15) is 9.97 Å². The van der Waals surface area contributed by atoms with Crippen LogP contribution in [0.5, 0.6) is 0 Å². The van der Waals surface area contributed by atoms with Gasteiger partial charge in [-0.25, -0.2) is 4.98 Å². The standard InChI is InChI=1S/C10H15N6O3P/c1-6(4-19-20(17)18-2)3-16-5-13-7-8(11)14-10(12)15-9(7)16/h5,20H,1,3-4H2,2H3,(H4,11,12,14,15). The maximum absolute atomic E-state index is 11.0. The summed E-state index contributed by atoms with van der Waals surface area (Å²) in [7, 11) is -1.14. The highest BCUT2D eigenvalue weighted by atomic mass is 31.1. The average Bonchev–Trinajstić information content (AvgIpc) is 2.79. The summed E-state index contributed by atoms with van der Waals surface area (Å²) < 4.78 is 22.3. The minimum atomic E-state index is -2.46. The highest BCUT2D eigenvalue weighted by Gasteiger charge is 2.11. The lowest BCUT2D eigenvalue weighted by atomic mass is 10.3. The van der Waals surface area contributed by atoms with Gasteiger partial charge in [0.25, 0.3) is 0 Å². The first kappa shape index (κ1) is 14.4. The van der Waals surface area contributed by atoms with Gasteiger partial charge in [0.2, 0.25) is 5.95 Å². The van der Waals surface area contributed by atoms with Crippen LogP contribution in [0.25, 0.3) is 11.2 Å². The molecule has 0 saturated heterocycles. The molecule has 2 rings (SSSR count). The van der Waals surface area contributed by atoms with E-state index in [0.29, 0.717) is 23.3 Å². The molecule has 20 heavy (non-hydrogen) atoms. The van der Waals surface area contributed by atoms with E-state index in [1.54, 1.807) is 10.9 Å². The summed E-state index contributed by atoms with van der Waals surface area (Å²) >= 11 is 0. The Hall–Kier alpha value is -1.96. The van der Waals surface area contributed by atoms with Gasteiger partial charge in [-0.1, -0.05) is 6.58 Å². The Balaban J connectivity index is 2.14. The van der Waals surface area contributed by atoms with E-state index in [2.05, 4.69) is 26.1 Å². The highest BCUT2D eigenvalue weighted by molar-refractivity contribution is 7.33. The maximum Gasteiger partial charge on any atom is 0.319 e. The molecule has 0 aromatic carbocycles. The largest absolute Gasteiger partial charge is 0.382 e. The summed E-state index contributed by atoms with van der Waals surface area (Å²) in [5, 5.41) is 0. The summed E-state index contributed by atoms with van der Waals surface area (Å²) in [6.07, 6.45) is 1.56. The highest BCUT2D eigenvalue weighted by Crippen LogP contribution is 2.23. The molecule has 2 aromatic rings. The zero-order valence-electron chi connectivity index (χ0n) is 10.9. The number of imidazole rings is 1. The lowest BCUT2D eigenvalue weighted by molar-refractivity contribution is 0.272. The fourth-order valence-electron chi connectivity index (χ4n) is 1.61. The number of hydrogen-bond donors (Lipinski definition) is 2. The number of nitrogen functional groups attached to an aromatic ring is 2. The zero-order chi connectivity index (χ0) is 14.7. The maximum atomic E-state index is 11.0. The van der Waals surface area contributed by atoms with Crippen LogP contribution in [0.4, 0.5) is 11.8 Å². The monoisotopic (exact) mass is 298 g/mol. The van der Waals surface area contributed by atoms with E-state index in [-0.39, 0.29) is 18.4 Å². The minimum Gasteiger partial charge on any atom is -0.382 e. The molecule has 0 radical (unpaired) electrons. The van der Waals surface area contributed by atoms with Gasteiger partial charge in [0, 0.05) is 13.7 Å². The molecule has 9 nitrogen and oxygen atoms in total. The van der Waals surface area contributed by atoms with Crippen molar-refractivity contribution < 1.29 is 13.6 Å². The second-order valence-electron chi connectivity index (χ2n) is 4.00. The molecular weight excluding hydrogens is 283 g/mol.